The summed E-state index contributed by atoms with van der Waals surface area (Å²) in [5, 5.41) is 0.634. The molecule has 1 amide bonds. The van der Waals surface area contributed by atoms with Crippen molar-refractivity contribution in [2.75, 3.05) is 0 Å². The van der Waals surface area contributed by atoms with Gasteiger partial charge in [-0.25, -0.2) is 10.8 Å². The lowest BCUT2D eigenvalue weighted by Crippen LogP contribution is -2.30. The number of carbonyl (C=O) groups is 1. The maximum absolute atomic E-state index is 11.0. The molecule has 15 heavy (non-hydrogen) atoms. The largest absolute Gasteiger partial charge is 0.294 e. The summed E-state index contributed by atoms with van der Waals surface area (Å²) >= 11 is 11.5. The lowest BCUT2D eigenvalue weighted by Gasteiger charge is -2.11. The minimum Gasteiger partial charge on any atom is -0.294 e. The molecule has 0 spiro atoms. The average molecular weight is 248 g/mol. The highest BCUT2D eigenvalue weighted by molar-refractivity contribution is 6.32. The summed E-state index contributed by atoms with van der Waals surface area (Å²) < 4.78 is 0. The van der Waals surface area contributed by atoms with Gasteiger partial charge in [0.25, 0.3) is 0 Å². The van der Waals surface area contributed by atoms with Gasteiger partial charge in [-0.05, 0) is 23.6 Å². The Labute approximate surface area is 97.7 Å². The summed E-state index contributed by atoms with van der Waals surface area (Å²) in [6, 6.07) is 3.36. The standard InChI is InChI=1S/C9H11Cl2N3O/c1-5(2-9(15)14-12)6-3-7(10)13-8(11)4-6/h3-5H,2,12H2,1H3,(H,14,15). The van der Waals surface area contributed by atoms with Crippen molar-refractivity contribution in [1.29, 1.82) is 0 Å². The number of pyridine rings is 1. The van der Waals surface area contributed by atoms with Crippen LogP contribution in [0.5, 0.6) is 0 Å². The van der Waals surface area contributed by atoms with Crippen molar-refractivity contribution in [1.82, 2.24) is 10.4 Å². The van der Waals surface area contributed by atoms with E-state index in [1.165, 1.54) is 0 Å². The van der Waals surface area contributed by atoms with Crippen LogP contribution in [0.4, 0.5) is 0 Å². The number of carbonyl (C=O) groups excluding carboxylic acids is 1. The molecule has 1 unspecified atom stereocenters. The topological polar surface area (TPSA) is 68.0 Å². The Bertz CT molecular complexity index is 350. The first-order valence-electron chi connectivity index (χ1n) is 4.35. The molecular formula is C9H11Cl2N3O. The summed E-state index contributed by atoms with van der Waals surface area (Å²) in [7, 11) is 0. The number of amides is 1. The lowest BCUT2D eigenvalue weighted by atomic mass is 9.99. The van der Waals surface area contributed by atoms with Crippen molar-refractivity contribution in [3.8, 4) is 0 Å². The zero-order valence-electron chi connectivity index (χ0n) is 8.13. The summed E-state index contributed by atoms with van der Waals surface area (Å²) in [5.41, 5.74) is 2.94. The maximum atomic E-state index is 11.0. The van der Waals surface area contributed by atoms with Crippen LogP contribution in [0.3, 0.4) is 0 Å². The number of hydrogen-bond acceptors (Lipinski definition) is 3. The molecule has 6 heteroatoms. The SMILES string of the molecule is CC(CC(=O)NN)c1cc(Cl)nc(Cl)c1. The van der Waals surface area contributed by atoms with Gasteiger partial charge in [0.15, 0.2) is 0 Å². The van der Waals surface area contributed by atoms with Crippen LogP contribution in [0.25, 0.3) is 0 Å². The van der Waals surface area contributed by atoms with Gasteiger partial charge >= 0.3 is 0 Å². The van der Waals surface area contributed by atoms with Crippen molar-refractivity contribution in [2.24, 2.45) is 5.84 Å². The molecule has 0 aliphatic rings. The van der Waals surface area contributed by atoms with Gasteiger partial charge in [0.2, 0.25) is 5.91 Å². The van der Waals surface area contributed by atoms with Crippen molar-refractivity contribution in [2.45, 2.75) is 19.3 Å². The van der Waals surface area contributed by atoms with E-state index < -0.39 is 0 Å². The normalized spacial score (nSPS) is 12.3. The van der Waals surface area contributed by atoms with E-state index in [0.717, 1.165) is 5.56 Å². The van der Waals surface area contributed by atoms with E-state index in [4.69, 9.17) is 29.0 Å². The molecule has 3 N–H and O–H groups in total. The van der Waals surface area contributed by atoms with Crippen molar-refractivity contribution in [3.05, 3.63) is 28.0 Å². The van der Waals surface area contributed by atoms with Gasteiger partial charge < -0.3 is 0 Å². The summed E-state index contributed by atoms with van der Waals surface area (Å²) in [5.74, 6) is 4.76. The van der Waals surface area contributed by atoms with Gasteiger partial charge in [0.05, 0.1) is 0 Å². The van der Waals surface area contributed by atoms with E-state index in [2.05, 4.69) is 10.4 Å². The van der Waals surface area contributed by atoms with E-state index in [9.17, 15) is 4.79 Å². The first kappa shape index (κ1) is 12.2. The third-order valence-corrected chi connectivity index (χ3v) is 2.39. The Balaban J connectivity index is 2.81. The summed E-state index contributed by atoms with van der Waals surface area (Å²) in [6.45, 7) is 1.89. The minimum absolute atomic E-state index is 0.00782. The van der Waals surface area contributed by atoms with Crippen molar-refractivity contribution >= 4 is 29.1 Å². The molecule has 0 saturated carbocycles. The number of rotatable bonds is 3. The number of nitrogens with two attached hydrogens (primary N) is 1. The van der Waals surface area contributed by atoms with Crippen LogP contribution in [-0.4, -0.2) is 10.9 Å². The maximum Gasteiger partial charge on any atom is 0.234 e. The molecule has 1 aromatic rings. The highest BCUT2D eigenvalue weighted by Gasteiger charge is 2.12. The van der Waals surface area contributed by atoms with Crippen LogP contribution in [0.1, 0.15) is 24.8 Å². The van der Waals surface area contributed by atoms with Gasteiger partial charge in [0.1, 0.15) is 10.3 Å². The molecule has 0 saturated heterocycles. The fourth-order valence-electron chi connectivity index (χ4n) is 1.22. The molecule has 82 valence electrons. The van der Waals surface area contributed by atoms with Crippen LogP contribution in [0.15, 0.2) is 12.1 Å². The smallest absolute Gasteiger partial charge is 0.234 e. The molecular weight excluding hydrogens is 237 g/mol. The average Bonchev–Trinajstić information content (AvgIpc) is 2.16. The van der Waals surface area contributed by atoms with E-state index in [1.54, 1.807) is 12.1 Å². The van der Waals surface area contributed by atoms with Crippen molar-refractivity contribution in [3.63, 3.8) is 0 Å². The van der Waals surface area contributed by atoms with Crippen molar-refractivity contribution < 1.29 is 4.79 Å². The van der Waals surface area contributed by atoms with Crippen LogP contribution >= 0.6 is 23.2 Å². The Morgan fingerprint density at radius 1 is 1.53 bits per heavy atom. The molecule has 1 rings (SSSR count). The number of hydrazine groups is 1. The van der Waals surface area contributed by atoms with Crippen LogP contribution in [-0.2, 0) is 4.79 Å². The first-order valence-corrected chi connectivity index (χ1v) is 5.11. The summed E-state index contributed by atoms with van der Waals surface area (Å²) in [6.07, 6.45) is 0.285. The Hall–Kier alpha value is -0.840. The zero-order chi connectivity index (χ0) is 11.4. The molecule has 0 aromatic carbocycles. The zero-order valence-corrected chi connectivity index (χ0v) is 9.64. The van der Waals surface area contributed by atoms with E-state index >= 15 is 0 Å². The highest BCUT2D eigenvalue weighted by Crippen LogP contribution is 2.23. The van der Waals surface area contributed by atoms with Crippen LogP contribution in [0.2, 0.25) is 10.3 Å². The predicted octanol–water partition coefficient (Wildman–Crippen LogP) is 1.87. The quantitative estimate of drug-likeness (QED) is 0.371. The van der Waals surface area contributed by atoms with Crippen LogP contribution in [0, 0.1) is 0 Å². The third-order valence-electron chi connectivity index (χ3n) is 2.01. The minimum atomic E-state index is -0.230. The molecule has 1 heterocycles. The molecule has 1 atom stereocenters. The number of hydrogen-bond donors (Lipinski definition) is 2. The number of aromatic nitrogens is 1. The highest BCUT2D eigenvalue weighted by atomic mass is 35.5. The van der Waals surface area contributed by atoms with Gasteiger partial charge in [0, 0.05) is 6.42 Å². The Morgan fingerprint density at radius 2 is 2.07 bits per heavy atom. The molecule has 4 nitrogen and oxygen atoms in total. The second-order valence-corrected chi connectivity index (χ2v) is 3.99. The third kappa shape index (κ3) is 3.66. The summed E-state index contributed by atoms with van der Waals surface area (Å²) in [4.78, 5) is 14.9. The Kier molecular flexibility index (Phi) is 4.32. The van der Waals surface area contributed by atoms with Gasteiger partial charge in [-0.3, -0.25) is 10.2 Å². The van der Waals surface area contributed by atoms with E-state index in [-0.39, 0.29) is 18.2 Å². The van der Waals surface area contributed by atoms with E-state index in [0.29, 0.717) is 10.3 Å². The molecule has 0 radical (unpaired) electrons. The van der Waals surface area contributed by atoms with Gasteiger partial charge in [-0.2, -0.15) is 0 Å². The molecule has 0 bridgehead atoms. The number of nitrogens with zero attached hydrogens (tertiary/aromatic N) is 1. The number of nitrogens with one attached hydrogen (secondary N) is 1. The first-order chi connectivity index (χ1) is 7.02. The van der Waals surface area contributed by atoms with Crippen LogP contribution < -0.4 is 11.3 Å². The fraction of sp³-hybridized carbons (Fsp3) is 0.333. The molecule has 0 aliphatic carbocycles. The predicted molar refractivity (Wildman–Crippen MR) is 59.6 cm³/mol. The number of halogens is 2. The molecule has 1 aromatic heterocycles. The second kappa shape index (κ2) is 5.30. The Morgan fingerprint density at radius 3 is 2.53 bits per heavy atom. The monoisotopic (exact) mass is 247 g/mol. The van der Waals surface area contributed by atoms with E-state index in [1.807, 2.05) is 6.92 Å². The van der Waals surface area contributed by atoms with Gasteiger partial charge in [-0.1, -0.05) is 30.1 Å². The van der Waals surface area contributed by atoms with Gasteiger partial charge in [-0.15, -0.1) is 0 Å². The second-order valence-electron chi connectivity index (χ2n) is 3.22. The lowest BCUT2D eigenvalue weighted by molar-refractivity contribution is -0.121. The molecule has 0 fully saturated rings. The fourth-order valence-corrected chi connectivity index (χ4v) is 1.70. The molecule has 0 aliphatic heterocycles.